The largest absolute Gasteiger partial charge is 0.481 e. The van der Waals surface area contributed by atoms with Gasteiger partial charge in [0, 0.05) is 19.3 Å². The number of piperidine rings is 1. The van der Waals surface area contributed by atoms with Crippen molar-refractivity contribution < 1.29 is 24.2 Å². The van der Waals surface area contributed by atoms with E-state index in [4.69, 9.17) is 0 Å². The highest BCUT2D eigenvalue weighted by Crippen LogP contribution is 2.36. The van der Waals surface area contributed by atoms with Gasteiger partial charge in [0.25, 0.3) is 0 Å². The van der Waals surface area contributed by atoms with Crippen LogP contribution < -0.4 is 4.90 Å². The Morgan fingerprint density at radius 1 is 1.32 bits per heavy atom. The molecule has 0 aliphatic carbocycles. The van der Waals surface area contributed by atoms with Crippen molar-refractivity contribution in [2.75, 3.05) is 18.0 Å². The first-order valence-corrected chi connectivity index (χ1v) is 8.98. The fraction of sp³-hybridized carbons (Fsp3) is 0.400. The number of ketones is 1. The van der Waals surface area contributed by atoms with Crippen LogP contribution in [-0.4, -0.2) is 51.1 Å². The van der Waals surface area contributed by atoms with Crippen LogP contribution in [0.25, 0.3) is 0 Å². The van der Waals surface area contributed by atoms with Gasteiger partial charge in [-0.05, 0) is 44.4 Å². The van der Waals surface area contributed by atoms with Crippen LogP contribution in [0.1, 0.15) is 35.0 Å². The summed E-state index contributed by atoms with van der Waals surface area (Å²) in [5, 5.41) is 20.5. The van der Waals surface area contributed by atoms with E-state index < -0.39 is 23.3 Å². The summed E-state index contributed by atoms with van der Waals surface area (Å²) in [4.78, 5) is 34.1. The highest BCUT2D eigenvalue weighted by atomic mass is 19.1. The zero-order valence-electron chi connectivity index (χ0n) is 15.7. The van der Waals surface area contributed by atoms with Crippen molar-refractivity contribution in [2.24, 2.45) is 5.41 Å². The molecule has 7 nitrogen and oxygen atoms in total. The number of aliphatic hydroxyl groups is 1. The van der Waals surface area contributed by atoms with Gasteiger partial charge in [-0.1, -0.05) is 12.1 Å². The van der Waals surface area contributed by atoms with E-state index >= 15 is 0 Å². The van der Waals surface area contributed by atoms with E-state index in [0.29, 0.717) is 29.3 Å². The van der Waals surface area contributed by atoms with E-state index in [9.17, 15) is 24.2 Å². The molecule has 1 aliphatic heterocycles. The lowest BCUT2D eigenvalue weighted by Crippen LogP contribution is -2.57. The Labute approximate surface area is 161 Å². The van der Waals surface area contributed by atoms with Gasteiger partial charge >= 0.3 is 5.97 Å². The van der Waals surface area contributed by atoms with Crippen LogP contribution in [0.15, 0.2) is 30.5 Å². The van der Waals surface area contributed by atoms with Crippen LogP contribution in [0.5, 0.6) is 0 Å². The summed E-state index contributed by atoms with van der Waals surface area (Å²) in [6.07, 6.45) is 0.645. The number of anilines is 1. The van der Waals surface area contributed by atoms with E-state index in [0.717, 1.165) is 0 Å². The molecular formula is C20H22FN3O4. The molecule has 148 valence electrons. The molecule has 0 saturated carbocycles. The van der Waals surface area contributed by atoms with Crippen LogP contribution in [0.3, 0.4) is 0 Å². The summed E-state index contributed by atoms with van der Waals surface area (Å²) in [5.41, 5.74) is 0.0699. The summed E-state index contributed by atoms with van der Waals surface area (Å²) in [6.45, 7) is 3.52. The third kappa shape index (κ3) is 3.73. The zero-order valence-corrected chi connectivity index (χ0v) is 15.7. The molecule has 8 heteroatoms. The molecule has 1 saturated heterocycles. The lowest BCUT2D eigenvalue weighted by atomic mass is 9.73. The maximum absolute atomic E-state index is 13.2. The Morgan fingerprint density at radius 2 is 2.00 bits per heavy atom. The number of carboxylic acid groups (broad SMARTS) is 1. The summed E-state index contributed by atoms with van der Waals surface area (Å²) in [6, 6.07) is 5.58. The number of hydrogen-bond acceptors (Lipinski definition) is 6. The van der Waals surface area contributed by atoms with Crippen molar-refractivity contribution in [3.05, 3.63) is 53.1 Å². The smallest absolute Gasteiger partial charge is 0.314 e. The number of benzene rings is 1. The standard InChI is InChI=1S/C20H22FN3O4/c1-12-16(13(2)25)10-22-19(23-12)24-8-7-17(26)20(11-24,18(27)28)9-14-3-5-15(21)6-4-14/h3-6,10,17,26H,7-9,11H2,1-2H3,(H,27,28)/t17-,20+/m0/s1. The maximum Gasteiger partial charge on any atom is 0.314 e. The molecule has 2 atom stereocenters. The first kappa shape index (κ1) is 19.9. The Kier molecular flexibility index (Phi) is 5.42. The summed E-state index contributed by atoms with van der Waals surface area (Å²) in [5.74, 6) is -1.37. The third-order valence-electron chi connectivity index (χ3n) is 5.27. The molecule has 0 radical (unpaired) electrons. The van der Waals surface area contributed by atoms with Crippen LogP contribution in [0.2, 0.25) is 0 Å². The highest BCUT2D eigenvalue weighted by molar-refractivity contribution is 5.94. The second-order valence-electron chi connectivity index (χ2n) is 7.22. The number of rotatable bonds is 5. The van der Waals surface area contributed by atoms with Gasteiger partial charge in [-0.3, -0.25) is 9.59 Å². The van der Waals surface area contributed by atoms with Gasteiger partial charge < -0.3 is 15.1 Å². The Morgan fingerprint density at radius 3 is 2.57 bits per heavy atom. The molecule has 3 rings (SSSR count). The van der Waals surface area contributed by atoms with Gasteiger partial charge in [-0.25, -0.2) is 14.4 Å². The number of halogens is 1. The van der Waals surface area contributed by atoms with Gasteiger partial charge in [-0.15, -0.1) is 0 Å². The summed E-state index contributed by atoms with van der Waals surface area (Å²) >= 11 is 0. The SMILES string of the molecule is CC(=O)c1cnc(N2CC[C@H](O)[C@](Cc3ccc(F)cc3)(C(=O)O)C2)nc1C. The quantitative estimate of drug-likeness (QED) is 0.757. The minimum Gasteiger partial charge on any atom is -0.481 e. The van der Waals surface area contributed by atoms with E-state index in [2.05, 4.69) is 9.97 Å². The van der Waals surface area contributed by atoms with E-state index in [1.54, 1.807) is 11.8 Å². The van der Waals surface area contributed by atoms with E-state index in [1.165, 1.54) is 37.4 Å². The average Bonchev–Trinajstić information content (AvgIpc) is 2.64. The molecule has 2 heterocycles. The molecule has 2 aromatic rings. The molecule has 0 unspecified atom stereocenters. The molecule has 1 fully saturated rings. The number of carboxylic acids is 1. The van der Waals surface area contributed by atoms with Gasteiger partial charge in [0.2, 0.25) is 5.95 Å². The van der Waals surface area contributed by atoms with Crippen molar-refractivity contribution in [3.8, 4) is 0 Å². The number of carbonyl (C=O) groups is 2. The zero-order chi connectivity index (χ0) is 20.5. The van der Waals surface area contributed by atoms with Crippen molar-refractivity contribution in [3.63, 3.8) is 0 Å². The molecule has 1 aromatic heterocycles. The lowest BCUT2D eigenvalue weighted by molar-refractivity contribution is -0.157. The predicted octanol–water partition coefficient (Wildman–Crippen LogP) is 2.01. The normalized spacial score (nSPS) is 22.1. The number of nitrogens with zero attached hydrogens (tertiary/aromatic N) is 3. The molecule has 2 N–H and O–H groups in total. The molecule has 0 spiro atoms. The van der Waals surface area contributed by atoms with Crippen molar-refractivity contribution >= 4 is 17.7 Å². The molecule has 0 bridgehead atoms. The van der Waals surface area contributed by atoms with Gasteiger partial charge in [0.15, 0.2) is 5.78 Å². The molecule has 28 heavy (non-hydrogen) atoms. The summed E-state index contributed by atoms with van der Waals surface area (Å²) in [7, 11) is 0. The van der Waals surface area contributed by atoms with Crippen LogP contribution >= 0.6 is 0 Å². The Bertz CT molecular complexity index is 903. The number of aromatic nitrogens is 2. The maximum atomic E-state index is 13.2. The Hall–Kier alpha value is -2.87. The highest BCUT2D eigenvalue weighted by Gasteiger charge is 2.49. The first-order valence-electron chi connectivity index (χ1n) is 8.98. The number of Topliss-reactive ketones (excluding diaryl/α,β-unsaturated/α-hetero) is 1. The molecule has 1 aromatic carbocycles. The topological polar surface area (TPSA) is 104 Å². The Balaban J connectivity index is 1.92. The predicted molar refractivity (Wildman–Crippen MR) is 99.8 cm³/mol. The number of aryl methyl sites for hydroxylation is 1. The van der Waals surface area contributed by atoms with Gasteiger partial charge in [0.1, 0.15) is 11.2 Å². The number of aliphatic carboxylic acids is 1. The van der Waals surface area contributed by atoms with Crippen molar-refractivity contribution in [2.45, 2.75) is 32.8 Å². The number of carbonyl (C=O) groups excluding carboxylic acids is 1. The first-order chi connectivity index (χ1) is 13.2. The van der Waals surface area contributed by atoms with Crippen LogP contribution in [0.4, 0.5) is 10.3 Å². The van der Waals surface area contributed by atoms with Crippen LogP contribution in [0, 0.1) is 18.2 Å². The minimum atomic E-state index is -1.48. The third-order valence-corrected chi connectivity index (χ3v) is 5.27. The fourth-order valence-electron chi connectivity index (χ4n) is 3.63. The monoisotopic (exact) mass is 387 g/mol. The van der Waals surface area contributed by atoms with E-state index in [-0.39, 0.29) is 25.2 Å². The number of aliphatic hydroxyl groups excluding tert-OH is 1. The van der Waals surface area contributed by atoms with E-state index in [1.807, 2.05) is 0 Å². The molecular weight excluding hydrogens is 365 g/mol. The van der Waals surface area contributed by atoms with Crippen molar-refractivity contribution in [1.82, 2.24) is 9.97 Å². The van der Waals surface area contributed by atoms with Crippen LogP contribution in [-0.2, 0) is 11.2 Å². The second-order valence-corrected chi connectivity index (χ2v) is 7.22. The summed E-state index contributed by atoms with van der Waals surface area (Å²) < 4.78 is 13.2. The fourth-order valence-corrected chi connectivity index (χ4v) is 3.63. The van der Waals surface area contributed by atoms with Gasteiger partial charge in [0.05, 0.1) is 17.4 Å². The number of hydrogen-bond donors (Lipinski definition) is 2. The minimum absolute atomic E-state index is 0.000263. The van der Waals surface area contributed by atoms with Gasteiger partial charge in [-0.2, -0.15) is 0 Å². The molecule has 1 aliphatic rings. The average molecular weight is 387 g/mol. The molecule has 0 amide bonds. The lowest BCUT2D eigenvalue weighted by Gasteiger charge is -2.43. The second kappa shape index (κ2) is 7.63. The van der Waals surface area contributed by atoms with Crippen molar-refractivity contribution in [1.29, 1.82) is 0 Å².